The van der Waals surface area contributed by atoms with E-state index in [0.717, 1.165) is 17.7 Å². The van der Waals surface area contributed by atoms with Crippen molar-refractivity contribution in [1.82, 2.24) is 9.80 Å². The molecule has 0 radical (unpaired) electrons. The largest absolute Gasteiger partial charge is 0.497 e. The average molecular weight is 380 g/mol. The highest BCUT2D eigenvalue weighted by Gasteiger charge is 2.39. The molecular formula is C23H28N2O3. The first-order chi connectivity index (χ1) is 13.5. The number of nitrogens with zero attached hydrogens (tertiary/aromatic N) is 2. The summed E-state index contributed by atoms with van der Waals surface area (Å²) in [6.45, 7) is 0.659. The molecule has 2 aromatic rings. The summed E-state index contributed by atoms with van der Waals surface area (Å²) < 4.78 is 5.24. The van der Waals surface area contributed by atoms with Crippen molar-refractivity contribution in [2.45, 2.75) is 25.3 Å². The van der Waals surface area contributed by atoms with E-state index in [9.17, 15) is 9.59 Å². The minimum Gasteiger partial charge on any atom is -0.497 e. The summed E-state index contributed by atoms with van der Waals surface area (Å²) in [5.41, 5.74) is 2.18. The summed E-state index contributed by atoms with van der Waals surface area (Å²) >= 11 is 0. The van der Waals surface area contributed by atoms with Crippen LogP contribution in [0.2, 0.25) is 0 Å². The minimum atomic E-state index is -0.251. The van der Waals surface area contributed by atoms with Crippen molar-refractivity contribution < 1.29 is 14.3 Å². The third-order valence-corrected chi connectivity index (χ3v) is 5.59. The van der Waals surface area contributed by atoms with Gasteiger partial charge in [0, 0.05) is 27.1 Å². The third kappa shape index (κ3) is 4.35. The molecule has 0 aromatic heterocycles. The van der Waals surface area contributed by atoms with Crippen LogP contribution in [0.15, 0.2) is 54.6 Å². The van der Waals surface area contributed by atoms with Crippen LogP contribution >= 0.6 is 0 Å². The van der Waals surface area contributed by atoms with Crippen LogP contribution in [0.4, 0.5) is 0 Å². The molecule has 148 valence electrons. The van der Waals surface area contributed by atoms with Gasteiger partial charge in [0.25, 0.3) is 0 Å². The van der Waals surface area contributed by atoms with Crippen LogP contribution in [0.5, 0.6) is 5.75 Å². The van der Waals surface area contributed by atoms with Gasteiger partial charge in [-0.15, -0.1) is 0 Å². The molecule has 2 atom stereocenters. The molecule has 2 amide bonds. The van der Waals surface area contributed by atoms with Crippen molar-refractivity contribution in [1.29, 1.82) is 0 Å². The molecule has 0 bridgehead atoms. The predicted molar refractivity (Wildman–Crippen MR) is 109 cm³/mol. The van der Waals surface area contributed by atoms with Gasteiger partial charge in [-0.05, 0) is 36.1 Å². The Labute approximate surface area is 166 Å². The Morgan fingerprint density at radius 1 is 1.14 bits per heavy atom. The van der Waals surface area contributed by atoms with Crippen LogP contribution in [0.1, 0.15) is 30.0 Å². The molecule has 1 saturated heterocycles. The predicted octanol–water partition coefficient (Wildman–Crippen LogP) is 3.31. The molecule has 3 rings (SSSR count). The molecule has 1 aliphatic rings. The Bertz CT molecular complexity index is 804. The molecule has 0 aliphatic carbocycles. The number of likely N-dealkylation sites (tertiary alicyclic amines) is 1. The Kier molecular flexibility index (Phi) is 6.34. The van der Waals surface area contributed by atoms with Crippen molar-refractivity contribution in [2.24, 2.45) is 5.92 Å². The zero-order valence-corrected chi connectivity index (χ0v) is 16.8. The first kappa shape index (κ1) is 19.9. The number of likely N-dealkylation sites (N-methyl/N-ethyl adjacent to an activating group) is 1. The minimum absolute atomic E-state index is 0.0804. The maximum absolute atomic E-state index is 13.2. The van der Waals surface area contributed by atoms with Gasteiger partial charge in [0.15, 0.2) is 0 Å². The van der Waals surface area contributed by atoms with E-state index < -0.39 is 0 Å². The highest BCUT2D eigenvalue weighted by molar-refractivity contribution is 5.84. The van der Waals surface area contributed by atoms with Crippen LogP contribution in [-0.4, -0.2) is 49.4 Å². The first-order valence-electron chi connectivity index (χ1n) is 9.69. The van der Waals surface area contributed by atoms with Crippen LogP contribution < -0.4 is 4.74 Å². The number of hydrogen-bond donors (Lipinski definition) is 0. The van der Waals surface area contributed by atoms with E-state index in [4.69, 9.17) is 4.74 Å². The lowest BCUT2D eigenvalue weighted by Crippen LogP contribution is -2.47. The lowest BCUT2D eigenvalue weighted by molar-refractivity contribution is -0.145. The van der Waals surface area contributed by atoms with Gasteiger partial charge in [0.05, 0.1) is 19.1 Å². The van der Waals surface area contributed by atoms with Crippen LogP contribution in [0.3, 0.4) is 0 Å². The number of rotatable bonds is 6. The van der Waals surface area contributed by atoms with Crippen molar-refractivity contribution in [3.63, 3.8) is 0 Å². The molecule has 28 heavy (non-hydrogen) atoms. The number of carbonyl (C=O) groups is 2. The van der Waals surface area contributed by atoms with Gasteiger partial charge >= 0.3 is 0 Å². The molecule has 2 unspecified atom stereocenters. The zero-order valence-electron chi connectivity index (χ0n) is 16.8. The molecule has 5 nitrogen and oxygen atoms in total. The molecule has 5 heteroatoms. The summed E-state index contributed by atoms with van der Waals surface area (Å²) in [5.74, 6) is 0.696. The summed E-state index contributed by atoms with van der Waals surface area (Å²) in [5, 5.41) is 0. The lowest BCUT2D eigenvalue weighted by Gasteiger charge is -2.40. The fraction of sp³-hybridized carbons (Fsp3) is 0.391. The van der Waals surface area contributed by atoms with Crippen LogP contribution in [0.25, 0.3) is 0 Å². The fourth-order valence-electron chi connectivity index (χ4n) is 3.89. The Balaban J connectivity index is 1.76. The van der Waals surface area contributed by atoms with Gasteiger partial charge in [0.1, 0.15) is 5.75 Å². The maximum atomic E-state index is 13.2. The van der Waals surface area contributed by atoms with E-state index >= 15 is 0 Å². The second-order valence-corrected chi connectivity index (χ2v) is 7.36. The monoisotopic (exact) mass is 380 g/mol. The number of amides is 2. The molecular weight excluding hydrogens is 352 g/mol. The zero-order chi connectivity index (χ0) is 20.1. The second-order valence-electron chi connectivity index (χ2n) is 7.36. The van der Waals surface area contributed by atoms with Gasteiger partial charge in [-0.25, -0.2) is 0 Å². The topological polar surface area (TPSA) is 49.9 Å². The van der Waals surface area contributed by atoms with Crippen LogP contribution in [-0.2, 0) is 16.0 Å². The summed E-state index contributed by atoms with van der Waals surface area (Å²) in [7, 11) is 5.27. The van der Waals surface area contributed by atoms with Gasteiger partial charge < -0.3 is 14.5 Å². The van der Waals surface area contributed by atoms with Gasteiger partial charge in [-0.2, -0.15) is 0 Å². The smallest absolute Gasteiger partial charge is 0.227 e. The lowest BCUT2D eigenvalue weighted by atomic mass is 9.83. The molecule has 0 N–H and O–H groups in total. The molecule has 2 aromatic carbocycles. The molecule has 0 saturated carbocycles. The number of ether oxygens (including phenoxy) is 1. The normalized spacial score (nSPS) is 19.4. The van der Waals surface area contributed by atoms with E-state index in [1.165, 1.54) is 5.56 Å². The Morgan fingerprint density at radius 3 is 2.46 bits per heavy atom. The van der Waals surface area contributed by atoms with E-state index in [2.05, 4.69) is 12.1 Å². The molecule has 0 spiro atoms. The third-order valence-electron chi connectivity index (χ3n) is 5.59. The molecule has 1 aliphatic heterocycles. The first-order valence-corrected chi connectivity index (χ1v) is 9.69. The van der Waals surface area contributed by atoms with Gasteiger partial charge in [-0.1, -0.05) is 42.5 Å². The highest BCUT2D eigenvalue weighted by atomic mass is 16.5. The molecule has 1 fully saturated rings. The van der Waals surface area contributed by atoms with E-state index in [-0.39, 0.29) is 23.8 Å². The van der Waals surface area contributed by atoms with Crippen LogP contribution in [0, 0.1) is 5.92 Å². The summed E-state index contributed by atoms with van der Waals surface area (Å²) in [4.78, 5) is 29.1. The van der Waals surface area contributed by atoms with E-state index in [1.54, 1.807) is 24.0 Å². The Hall–Kier alpha value is -2.82. The number of hydrogen-bond acceptors (Lipinski definition) is 3. The number of piperidine rings is 1. The fourth-order valence-corrected chi connectivity index (χ4v) is 3.89. The SMILES string of the molecule is COc1ccc(C2C(C(=O)N(C)CCc3ccccc3)CCC(=O)N2C)cc1. The summed E-state index contributed by atoms with van der Waals surface area (Å²) in [6, 6.07) is 17.6. The number of benzene rings is 2. The van der Waals surface area contributed by atoms with E-state index in [0.29, 0.717) is 19.4 Å². The highest BCUT2D eigenvalue weighted by Crippen LogP contribution is 2.37. The standard InChI is InChI=1S/C23H28N2O3/c1-24(16-15-17-7-5-4-6-8-17)23(27)20-13-14-21(26)25(2)22(20)18-9-11-19(28-3)12-10-18/h4-12,20,22H,13-16H2,1-3H3. The number of carbonyl (C=O) groups excluding carboxylic acids is 2. The quantitative estimate of drug-likeness (QED) is 0.773. The van der Waals surface area contributed by atoms with Crippen molar-refractivity contribution in [3.05, 3.63) is 65.7 Å². The van der Waals surface area contributed by atoms with Crippen molar-refractivity contribution in [2.75, 3.05) is 27.7 Å². The molecule has 1 heterocycles. The number of methoxy groups -OCH3 is 1. The Morgan fingerprint density at radius 2 is 1.82 bits per heavy atom. The van der Waals surface area contributed by atoms with Gasteiger partial charge in [-0.3, -0.25) is 9.59 Å². The van der Waals surface area contributed by atoms with Crippen molar-refractivity contribution in [3.8, 4) is 5.75 Å². The second kappa shape index (κ2) is 8.91. The maximum Gasteiger partial charge on any atom is 0.227 e. The summed E-state index contributed by atoms with van der Waals surface area (Å²) in [6.07, 6.45) is 1.80. The van der Waals surface area contributed by atoms with E-state index in [1.807, 2.05) is 49.5 Å². The average Bonchev–Trinajstić information content (AvgIpc) is 2.74. The van der Waals surface area contributed by atoms with Crippen molar-refractivity contribution >= 4 is 11.8 Å². The van der Waals surface area contributed by atoms with Gasteiger partial charge in [0.2, 0.25) is 11.8 Å².